The van der Waals surface area contributed by atoms with Crippen LogP contribution in [0.25, 0.3) is 0 Å². The van der Waals surface area contributed by atoms with Crippen molar-refractivity contribution in [2.45, 2.75) is 37.6 Å². The fraction of sp³-hybridized carbons (Fsp3) is 0.778. The quantitative estimate of drug-likeness (QED) is 0.775. The zero-order valence-corrected chi connectivity index (χ0v) is 8.62. The van der Waals surface area contributed by atoms with Gasteiger partial charge in [-0.2, -0.15) is 8.78 Å². The number of aliphatic carboxylic acids is 1. The largest absolute Gasteiger partial charge is 0.480 e. The zero-order valence-electron chi connectivity index (χ0n) is 8.62. The van der Waals surface area contributed by atoms with Crippen LogP contribution in [-0.4, -0.2) is 52.0 Å². The number of likely N-dealkylation sites (tertiary alicyclic amines) is 1. The summed E-state index contributed by atoms with van der Waals surface area (Å²) < 4.78 is 28.5. The molecule has 1 aliphatic carbocycles. The Morgan fingerprint density at radius 2 is 1.94 bits per heavy atom. The Hall–Kier alpha value is -1.44. The molecule has 2 fully saturated rings. The Balaban J connectivity index is 2.16. The molecule has 3 unspecified atom stereocenters. The number of fused-ring (bicyclic) bond motifs is 2. The molecule has 4 atom stereocenters. The van der Waals surface area contributed by atoms with Crippen LogP contribution in [0.3, 0.4) is 0 Å². The van der Waals surface area contributed by atoms with Crippen LogP contribution in [0, 0.1) is 5.92 Å². The van der Waals surface area contributed by atoms with E-state index >= 15 is 0 Å². The summed E-state index contributed by atoms with van der Waals surface area (Å²) in [4.78, 5) is 22.7. The Morgan fingerprint density at radius 1 is 1.29 bits per heavy atom. The molecule has 0 aromatic heterocycles. The summed E-state index contributed by atoms with van der Waals surface area (Å²) in [6.07, 6.45) is -1.82. The first-order valence-corrected chi connectivity index (χ1v) is 5.09. The molecule has 0 aromatic carbocycles. The third-order valence-electron chi connectivity index (χ3n) is 3.38. The highest BCUT2D eigenvalue weighted by atomic mass is 19.3. The minimum atomic E-state index is -2.97. The number of alkyl halides is 2. The fourth-order valence-electron chi connectivity index (χ4n) is 2.86. The first-order valence-electron chi connectivity index (χ1n) is 5.09. The average molecular weight is 251 g/mol. The van der Waals surface area contributed by atoms with Crippen molar-refractivity contribution in [1.29, 1.82) is 0 Å². The standard InChI is InChI=1S/C9H11F2NO5/c10-8(11)17-5-2-3-1-4(5)6(7(13)14)12(3)9(15)16/h3-6,8H,1-2H2,(H,13,14)(H,15,16)/t3?,4?,5-,6?/m0/s1. The Bertz CT molecular complexity index is 350. The molecule has 0 radical (unpaired) electrons. The van der Waals surface area contributed by atoms with E-state index in [9.17, 15) is 18.4 Å². The number of carbonyl (C=O) groups is 2. The first kappa shape index (κ1) is 12.0. The lowest BCUT2D eigenvalue weighted by atomic mass is 9.96. The van der Waals surface area contributed by atoms with Crippen molar-refractivity contribution in [3.63, 3.8) is 0 Å². The molecule has 8 heteroatoms. The molecule has 0 aromatic rings. The van der Waals surface area contributed by atoms with Crippen LogP contribution in [0.2, 0.25) is 0 Å². The molecule has 1 saturated heterocycles. The second-order valence-electron chi connectivity index (χ2n) is 4.20. The Morgan fingerprint density at radius 3 is 2.41 bits per heavy atom. The van der Waals surface area contributed by atoms with Gasteiger partial charge in [-0.15, -0.1) is 0 Å². The third-order valence-corrected chi connectivity index (χ3v) is 3.38. The van der Waals surface area contributed by atoms with Crippen LogP contribution >= 0.6 is 0 Å². The lowest BCUT2D eigenvalue weighted by molar-refractivity contribution is -0.185. The van der Waals surface area contributed by atoms with Crippen molar-refractivity contribution in [2.75, 3.05) is 0 Å². The molecule has 1 amide bonds. The molecule has 1 saturated carbocycles. The van der Waals surface area contributed by atoms with Crippen LogP contribution < -0.4 is 0 Å². The van der Waals surface area contributed by atoms with Crippen molar-refractivity contribution >= 4 is 12.1 Å². The van der Waals surface area contributed by atoms with E-state index in [1.165, 1.54) is 0 Å². The monoisotopic (exact) mass is 251 g/mol. The summed E-state index contributed by atoms with van der Waals surface area (Å²) in [5.74, 6) is -2.01. The summed E-state index contributed by atoms with van der Waals surface area (Å²) in [5, 5.41) is 17.9. The summed E-state index contributed by atoms with van der Waals surface area (Å²) in [7, 11) is 0. The smallest absolute Gasteiger partial charge is 0.408 e. The van der Waals surface area contributed by atoms with Gasteiger partial charge in [-0.1, -0.05) is 0 Å². The van der Waals surface area contributed by atoms with Crippen molar-refractivity contribution in [1.82, 2.24) is 4.90 Å². The van der Waals surface area contributed by atoms with Crippen LogP contribution in [-0.2, 0) is 9.53 Å². The van der Waals surface area contributed by atoms with Gasteiger partial charge in [0.25, 0.3) is 0 Å². The average Bonchev–Trinajstić information content (AvgIpc) is 2.71. The maximum atomic E-state index is 12.1. The number of nitrogens with zero attached hydrogens (tertiary/aromatic N) is 1. The molecule has 1 heterocycles. The van der Waals surface area contributed by atoms with Crippen LogP contribution in [0.15, 0.2) is 0 Å². The van der Waals surface area contributed by atoms with E-state index in [0.717, 1.165) is 4.90 Å². The predicted octanol–water partition coefficient (Wildman–Crippen LogP) is 0.820. The van der Waals surface area contributed by atoms with Crippen molar-refractivity contribution in [3.05, 3.63) is 0 Å². The maximum Gasteiger partial charge on any atom is 0.408 e. The van der Waals surface area contributed by atoms with E-state index in [0.29, 0.717) is 0 Å². The van der Waals surface area contributed by atoms with E-state index in [2.05, 4.69) is 4.74 Å². The van der Waals surface area contributed by atoms with Gasteiger partial charge in [0.15, 0.2) is 0 Å². The van der Waals surface area contributed by atoms with Gasteiger partial charge in [0.05, 0.1) is 6.10 Å². The predicted molar refractivity (Wildman–Crippen MR) is 48.7 cm³/mol. The van der Waals surface area contributed by atoms with Gasteiger partial charge in [-0.25, -0.2) is 9.59 Å². The molecule has 17 heavy (non-hydrogen) atoms. The number of carboxylic acid groups (broad SMARTS) is 2. The molecule has 2 rings (SSSR count). The normalized spacial score (nSPS) is 35.6. The number of ether oxygens (including phenoxy) is 1. The number of amides is 1. The maximum absolute atomic E-state index is 12.1. The molecule has 96 valence electrons. The van der Waals surface area contributed by atoms with Gasteiger partial charge >= 0.3 is 18.7 Å². The van der Waals surface area contributed by atoms with Crippen molar-refractivity contribution < 1.29 is 33.3 Å². The van der Waals surface area contributed by atoms with Crippen molar-refractivity contribution in [3.8, 4) is 0 Å². The second-order valence-corrected chi connectivity index (χ2v) is 4.20. The molecule has 1 aliphatic heterocycles. The number of halogens is 2. The SMILES string of the molecule is O=C(O)C1C2CC(C[C@@H]2OC(F)F)N1C(=O)O. The van der Waals surface area contributed by atoms with E-state index in [-0.39, 0.29) is 12.8 Å². The van der Waals surface area contributed by atoms with Crippen molar-refractivity contribution in [2.24, 2.45) is 5.92 Å². The van der Waals surface area contributed by atoms with Crippen LogP contribution in [0.1, 0.15) is 12.8 Å². The fourth-order valence-corrected chi connectivity index (χ4v) is 2.86. The highest BCUT2D eigenvalue weighted by Gasteiger charge is 2.57. The van der Waals surface area contributed by atoms with E-state index in [4.69, 9.17) is 10.2 Å². The lowest BCUT2D eigenvalue weighted by Gasteiger charge is -2.34. The minimum absolute atomic E-state index is 0.130. The number of hydrogen-bond acceptors (Lipinski definition) is 3. The Kier molecular flexibility index (Phi) is 2.90. The topological polar surface area (TPSA) is 87.1 Å². The van der Waals surface area contributed by atoms with E-state index in [1.807, 2.05) is 0 Å². The van der Waals surface area contributed by atoms with Gasteiger partial charge in [0, 0.05) is 12.0 Å². The molecule has 2 N–H and O–H groups in total. The summed E-state index contributed by atoms with van der Waals surface area (Å²) in [5.41, 5.74) is 0. The van der Waals surface area contributed by atoms with Gasteiger partial charge < -0.3 is 14.9 Å². The molecule has 2 aliphatic rings. The minimum Gasteiger partial charge on any atom is -0.480 e. The third kappa shape index (κ3) is 1.92. The van der Waals surface area contributed by atoms with E-state index in [1.54, 1.807) is 0 Å². The molecule has 0 spiro atoms. The second kappa shape index (κ2) is 4.10. The zero-order chi connectivity index (χ0) is 12.7. The number of piperidine rings is 1. The Labute approximate surface area is 94.8 Å². The van der Waals surface area contributed by atoms with Crippen LogP contribution in [0.5, 0.6) is 0 Å². The van der Waals surface area contributed by atoms with Gasteiger partial charge in [-0.3, -0.25) is 4.90 Å². The molecule has 6 nitrogen and oxygen atoms in total. The van der Waals surface area contributed by atoms with Gasteiger partial charge in [-0.05, 0) is 12.8 Å². The van der Waals surface area contributed by atoms with Crippen LogP contribution in [0.4, 0.5) is 13.6 Å². The molecule has 2 bridgehead atoms. The lowest BCUT2D eigenvalue weighted by Crippen LogP contribution is -2.52. The summed E-state index contributed by atoms with van der Waals surface area (Å²) in [6.45, 7) is -2.97. The highest BCUT2D eigenvalue weighted by molar-refractivity contribution is 5.81. The number of carboxylic acids is 1. The molecular weight excluding hydrogens is 240 g/mol. The molecular formula is C9H11F2NO5. The van der Waals surface area contributed by atoms with Gasteiger partial charge in [0.2, 0.25) is 0 Å². The summed E-state index contributed by atoms with van der Waals surface area (Å²) in [6, 6.07) is -1.82. The van der Waals surface area contributed by atoms with Gasteiger partial charge in [0.1, 0.15) is 6.04 Å². The number of rotatable bonds is 3. The highest BCUT2D eigenvalue weighted by Crippen LogP contribution is 2.44. The van der Waals surface area contributed by atoms with E-state index < -0.39 is 42.8 Å². The number of hydrogen-bond donors (Lipinski definition) is 2. The first-order chi connectivity index (χ1) is 7.91. The summed E-state index contributed by atoms with van der Waals surface area (Å²) >= 11 is 0.